The zero-order chi connectivity index (χ0) is 13.3. The monoisotopic (exact) mass is 240 g/mol. The molecule has 0 rings (SSSR count). The highest BCUT2D eigenvalue weighted by Crippen LogP contribution is 1.98. The highest BCUT2D eigenvalue weighted by atomic mass is 16.2. The molecule has 0 unspecified atom stereocenters. The third-order valence-electron chi connectivity index (χ3n) is 2.19. The summed E-state index contributed by atoms with van der Waals surface area (Å²) >= 11 is 0. The molecule has 0 radical (unpaired) electrons. The molecule has 98 valence electrons. The third kappa shape index (κ3) is 9.60. The van der Waals surface area contributed by atoms with E-state index in [1.165, 1.54) is 0 Å². The number of unbranched alkanes of at least 4 members (excludes halogenated alkanes) is 1. The zero-order valence-corrected chi connectivity index (χ0v) is 11.1. The van der Waals surface area contributed by atoms with Crippen LogP contribution in [-0.4, -0.2) is 24.9 Å². The molecule has 0 aromatic heterocycles. The molecule has 0 aromatic carbocycles. The molecule has 17 heavy (non-hydrogen) atoms. The van der Waals surface area contributed by atoms with Crippen LogP contribution in [-0.2, 0) is 9.59 Å². The number of carbonyl (C=O) groups excluding carboxylic acids is 2. The maximum atomic E-state index is 11.3. The van der Waals surface area contributed by atoms with Crippen molar-refractivity contribution in [2.75, 3.05) is 13.1 Å². The molecule has 0 bridgehead atoms. The molecule has 0 aliphatic heterocycles. The van der Waals surface area contributed by atoms with E-state index in [0.29, 0.717) is 31.0 Å². The fourth-order valence-electron chi connectivity index (χ4n) is 1.27. The first-order valence-electron chi connectivity index (χ1n) is 6.14. The molecule has 0 saturated carbocycles. The van der Waals surface area contributed by atoms with E-state index < -0.39 is 0 Å². The van der Waals surface area contributed by atoms with Crippen molar-refractivity contribution >= 4 is 11.8 Å². The standard InChI is InChI=1S/C13H24N2O2/c1-10(2)9-12(16)14-7-5-6-8-15-13(17)11(3)4/h10H,3,5-9H2,1-2,4H3,(H,14,16)(H,15,17). The quantitative estimate of drug-likeness (QED) is 0.500. The molecule has 0 fully saturated rings. The lowest BCUT2D eigenvalue weighted by molar-refractivity contribution is -0.122. The summed E-state index contributed by atoms with van der Waals surface area (Å²) in [7, 11) is 0. The van der Waals surface area contributed by atoms with Gasteiger partial charge in [-0.25, -0.2) is 0 Å². The maximum Gasteiger partial charge on any atom is 0.246 e. The van der Waals surface area contributed by atoms with Crippen molar-refractivity contribution in [1.82, 2.24) is 10.6 Å². The van der Waals surface area contributed by atoms with Crippen molar-refractivity contribution in [3.63, 3.8) is 0 Å². The lowest BCUT2D eigenvalue weighted by Gasteiger charge is -2.07. The first-order valence-corrected chi connectivity index (χ1v) is 6.14. The van der Waals surface area contributed by atoms with Crippen LogP contribution in [0.5, 0.6) is 0 Å². The molecule has 0 aromatic rings. The third-order valence-corrected chi connectivity index (χ3v) is 2.19. The van der Waals surface area contributed by atoms with Gasteiger partial charge in [-0.1, -0.05) is 20.4 Å². The number of nitrogens with one attached hydrogen (secondary N) is 2. The Morgan fingerprint density at radius 1 is 1.12 bits per heavy atom. The summed E-state index contributed by atoms with van der Waals surface area (Å²) in [6, 6.07) is 0. The normalized spacial score (nSPS) is 10.1. The van der Waals surface area contributed by atoms with Crippen LogP contribution in [0.15, 0.2) is 12.2 Å². The summed E-state index contributed by atoms with van der Waals surface area (Å²) in [4.78, 5) is 22.4. The van der Waals surface area contributed by atoms with Crippen molar-refractivity contribution in [3.05, 3.63) is 12.2 Å². The Morgan fingerprint density at radius 2 is 1.65 bits per heavy atom. The highest BCUT2D eigenvalue weighted by Gasteiger charge is 2.03. The van der Waals surface area contributed by atoms with E-state index in [1.54, 1.807) is 6.92 Å². The topological polar surface area (TPSA) is 58.2 Å². The number of carbonyl (C=O) groups is 2. The minimum atomic E-state index is -0.103. The van der Waals surface area contributed by atoms with Gasteiger partial charge < -0.3 is 10.6 Å². The van der Waals surface area contributed by atoms with Gasteiger partial charge in [0.1, 0.15) is 0 Å². The van der Waals surface area contributed by atoms with Crippen LogP contribution in [0.3, 0.4) is 0 Å². The molecule has 0 aliphatic carbocycles. The Hall–Kier alpha value is -1.32. The molecular formula is C13H24N2O2. The molecule has 4 nitrogen and oxygen atoms in total. The predicted octanol–water partition coefficient (Wildman–Crippen LogP) is 1.62. The number of hydrogen-bond donors (Lipinski definition) is 2. The minimum Gasteiger partial charge on any atom is -0.356 e. The number of amides is 2. The summed E-state index contributed by atoms with van der Waals surface area (Å²) in [6.07, 6.45) is 2.31. The number of hydrogen-bond acceptors (Lipinski definition) is 2. The first-order chi connectivity index (χ1) is 7.93. The van der Waals surface area contributed by atoms with Gasteiger partial charge in [0.25, 0.3) is 0 Å². The van der Waals surface area contributed by atoms with E-state index in [4.69, 9.17) is 0 Å². The van der Waals surface area contributed by atoms with Crippen molar-refractivity contribution < 1.29 is 9.59 Å². The zero-order valence-electron chi connectivity index (χ0n) is 11.1. The molecule has 2 N–H and O–H groups in total. The second kappa shape index (κ2) is 8.79. The van der Waals surface area contributed by atoms with E-state index in [2.05, 4.69) is 17.2 Å². The summed E-state index contributed by atoms with van der Waals surface area (Å²) in [6.45, 7) is 10.6. The van der Waals surface area contributed by atoms with Crippen molar-refractivity contribution in [3.8, 4) is 0 Å². The van der Waals surface area contributed by atoms with Gasteiger partial charge in [-0.3, -0.25) is 9.59 Å². The van der Waals surface area contributed by atoms with Gasteiger partial charge in [-0.15, -0.1) is 0 Å². The SMILES string of the molecule is C=C(C)C(=O)NCCCCNC(=O)CC(C)C. The Kier molecular flexibility index (Phi) is 8.11. The Balaban J connectivity index is 3.38. The average molecular weight is 240 g/mol. The molecule has 2 amide bonds. The van der Waals surface area contributed by atoms with Gasteiger partial charge in [0, 0.05) is 25.1 Å². The molecule has 4 heteroatoms. The van der Waals surface area contributed by atoms with Gasteiger partial charge in [0.2, 0.25) is 11.8 Å². The Morgan fingerprint density at radius 3 is 2.12 bits per heavy atom. The van der Waals surface area contributed by atoms with Crippen molar-refractivity contribution in [1.29, 1.82) is 0 Å². The van der Waals surface area contributed by atoms with E-state index in [-0.39, 0.29) is 11.8 Å². The molecule has 0 saturated heterocycles. The highest BCUT2D eigenvalue weighted by molar-refractivity contribution is 5.91. The van der Waals surface area contributed by atoms with Crippen LogP contribution in [0.1, 0.15) is 40.0 Å². The smallest absolute Gasteiger partial charge is 0.246 e. The largest absolute Gasteiger partial charge is 0.356 e. The van der Waals surface area contributed by atoms with Gasteiger partial charge in [-0.2, -0.15) is 0 Å². The molecule has 0 aliphatic rings. The van der Waals surface area contributed by atoms with E-state index >= 15 is 0 Å². The van der Waals surface area contributed by atoms with E-state index in [9.17, 15) is 9.59 Å². The Labute approximate surface area is 104 Å². The van der Waals surface area contributed by atoms with Crippen LogP contribution in [0, 0.1) is 5.92 Å². The first kappa shape index (κ1) is 15.7. The van der Waals surface area contributed by atoms with Gasteiger partial charge in [-0.05, 0) is 25.7 Å². The fraction of sp³-hybridized carbons (Fsp3) is 0.692. The van der Waals surface area contributed by atoms with Gasteiger partial charge in [0.15, 0.2) is 0 Å². The fourth-order valence-corrected chi connectivity index (χ4v) is 1.27. The second-order valence-electron chi connectivity index (χ2n) is 4.69. The summed E-state index contributed by atoms with van der Waals surface area (Å²) in [5.41, 5.74) is 0.523. The van der Waals surface area contributed by atoms with Crippen LogP contribution >= 0.6 is 0 Å². The van der Waals surface area contributed by atoms with Gasteiger partial charge in [0.05, 0.1) is 0 Å². The Bertz CT molecular complexity index is 273. The van der Waals surface area contributed by atoms with Crippen LogP contribution in [0.25, 0.3) is 0 Å². The molecule has 0 atom stereocenters. The number of rotatable bonds is 8. The molecular weight excluding hydrogens is 216 g/mol. The van der Waals surface area contributed by atoms with Crippen LogP contribution in [0.2, 0.25) is 0 Å². The molecule has 0 heterocycles. The maximum absolute atomic E-state index is 11.3. The van der Waals surface area contributed by atoms with Crippen LogP contribution in [0.4, 0.5) is 0 Å². The summed E-state index contributed by atoms with van der Waals surface area (Å²) in [5.74, 6) is 0.393. The van der Waals surface area contributed by atoms with Crippen LogP contribution < -0.4 is 10.6 Å². The van der Waals surface area contributed by atoms with E-state index in [0.717, 1.165) is 12.8 Å². The van der Waals surface area contributed by atoms with Crippen molar-refractivity contribution in [2.24, 2.45) is 5.92 Å². The lowest BCUT2D eigenvalue weighted by Crippen LogP contribution is -2.28. The molecule has 0 spiro atoms. The minimum absolute atomic E-state index is 0.103. The predicted molar refractivity (Wildman–Crippen MR) is 69.5 cm³/mol. The van der Waals surface area contributed by atoms with Crippen molar-refractivity contribution in [2.45, 2.75) is 40.0 Å². The summed E-state index contributed by atoms with van der Waals surface area (Å²) in [5, 5.41) is 5.61. The van der Waals surface area contributed by atoms with Gasteiger partial charge >= 0.3 is 0 Å². The second-order valence-corrected chi connectivity index (χ2v) is 4.69. The summed E-state index contributed by atoms with van der Waals surface area (Å²) < 4.78 is 0. The van der Waals surface area contributed by atoms with E-state index in [1.807, 2.05) is 13.8 Å². The lowest BCUT2D eigenvalue weighted by atomic mass is 10.1. The average Bonchev–Trinajstić information content (AvgIpc) is 2.21.